The maximum Gasteiger partial charge on any atom is 0.143 e. The van der Waals surface area contributed by atoms with E-state index in [0.29, 0.717) is 5.69 Å². The van der Waals surface area contributed by atoms with E-state index in [1.54, 1.807) is 12.4 Å². The zero-order valence-corrected chi connectivity index (χ0v) is 10.9. The summed E-state index contributed by atoms with van der Waals surface area (Å²) in [5.74, 6) is -0.0136. The highest BCUT2D eigenvalue weighted by Gasteiger charge is 2.10. The van der Waals surface area contributed by atoms with Crippen molar-refractivity contribution in [2.24, 2.45) is 5.73 Å². The number of amidine groups is 1. The van der Waals surface area contributed by atoms with Crippen molar-refractivity contribution in [1.82, 2.24) is 9.97 Å². The molecule has 0 unspecified atom stereocenters. The molecular formula is C14H17N5. The van der Waals surface area contributed by atoms with Crippen molar-refractivity contribution >= 4 is 11.5 Å². The Labute approximate surface area is 112 Å². The van der Waals surface area contributed by atoms with Crippen LogP contribution in [0.4, 0.5) is 5.69 Å². The van der Waals surface area contributed by atoms with Gasteiger partial charge in [-0.15, -0.1) is 0 Å². The van der Waals surface area contributed by atoms with E-state index in [1.807, 2.05) is 42.3 Å². The minimum Gasteiger partial charge on any atom is -0.382 e. The Bertz CT molecular complexity index is 553. The SMILES string of the molecule is CN(CCc1ccccn1)c1cccnc1C(=N)N. The minimum absolute atomic E-state index is 0.0136. The summed E-state index contributed by atoms with van der Waals surface area (Å²) in [5.41, 5.74) is 7.97. The molecule has 98 valence electrons. The molecule has 2 aromatic heterocycles. The van der Waals surface area contributed by atoms with Gasteiger partial charge < -0.3 is 10.6 Å². The molecule has 0 aromatic carbocycles. The highest BCUT2D eigenvalue weighted by atomic mass is 15.1. The van der Waals surface area contributed by atoms with Gasteiger partial charge >= 0.3 is 0 Å². The lowest BCUT2D eigenvalue weighted by atomic mass is 10.2. The lowest BCUT2D eigenvalue weighted by Crippen LogP contribution is -2.25. The molecule has 0 atom stereocenters. The Morgan fingerprint density at radius 3 is 2.68 bits per heavy atom. The van der Waals surface area contributed by atoms with Crippen LogP contribution in [0.25, 0.3) is 0 Å². The molecule has 0 saturated heterocycles. The first kappa shape index (κ1) is 13.0. The Morgan fingerprint density at radius 1 is 1.21 bits per heavy atom. The van der Waals surface area contributed by atoms with Crippen LogP contribution in [0.2, 0.25) is 0 Å². The molecule has 0 aliphatic rings. The Morgan fingerprint density at radius 2 is 2.00 bits per heavy atom. The number of nitrogens with one attached hydrogen (secondary N) is 1. The van der Waals surface area contributed by atoms with Crippen LogP contribution >= 0.6 is 0 Å². The molecule has 5 nitrogen and oxygen atoms in total. The summed E-state index contributed by atoms with van der Waals surface area (Å²) >= 11 is 0. The van der Waals surface area contributed by atoms with Gasteiger partial charge in [0.1, 0.15) is 11.5 Å². The number of rotatable bonds is 5. The van der Waals surface area contributed by atoms with Crippen molar-refractivity contribution in [3.63, 3.8) is 0 Å². The van der Waals surface area contributed by atoms with Crippen molar-refractivity contribution in [3.05, 3.63) is 54.1 Å². The molecule has 0 fully saturated rings. The number of hydrogen-bond acceptors (Lipinski definition) is 4. The van der Waals surface area contributed by atoms with E-state index >= 15 is 0 Å². The summed E-state index contributed by atoms with van der Waals surface area (Å²) in [5, 5.41) is 7.54. The predicted octanol–water partition coefficient (Wildman–Crippen LogP) is 1.44. The van der Waals surface area contributed by atoms with Crippen molar-refractivity contribution < 1.29 is 0 Å². The van der Waals surface area contributed by atoms with E-state index < -0.39 is 0 Å². The molecule has 0 aliphatic heterocycles. The van der Waals surface area contributed by atoms with Gasteiger partial charge in [-0.1, -0.05) is 6.07 Å². The van der Waals surface area contributed by atoms with Crippen LogP contribution < -0.4 is 10.6 Å². The van der Waals surface area contributed by atoms with Gasteiger partial charge in [0.2, 0.25) is 0 Å². The molecule has 19 heavy (non-hydrogen) atoms. The van der Waals surface area contributed by atoms with E-state index in [1.165, 1.54) is 0 Å². The summed E-state index contributed by atoms with van der Waals surface area (Å²) in [6.07, 6.45) is 4.27. The third kappa shape index (κ3) is 3.28. The van der Waals surface area contributed by atoms with Crippen LogP contribution in [0.5, 0.6) is 0 Å². The molecule has 3 N–H and O–H groups in total. The first-order valence-corrected chi connectivity index (χ1v) is 6.09. The molecule has 0 bridgehead atoms. The average molecular weight is 255 g/mol. The molecule has 5 heteroatoms. The smallest absolute Gasteiger partial charge is 0.143 e. The normalized spacial score (nSPS) is 10.2. The predicted molar refractivity (Wildman–Crippen MR) is 76.5 cm³/mol. The molecular weight excluding hydrogens is 238 g/mol. The maximum absolute atomic E-state index is 7.54. The van der Waals surface area contributed by atoms with Gasteiger partial charge in [0.15, 0.2) is 0 Å². The highest BCUT2D eigenvalue weighted by molar-refractivity contribution is 5.98. The topological polar surface area (TPSA) is 78.9 Å². The van der Waals surface area contributed by atoms with E-state index in [9.17, 15) is 0 Å². The fraction of sp³-hybridized carbons (Fsp3) is 0.214. The Balaban J connectivity index is 2.08. The summed E-state index contributed by atoms with van der Waals surface area (Å²) in [4.78, 5) is 10.5. The largest absolute Gasteiger partial charge is 0.382 e. The Kier molecular flexibility index (Phi) is 4.07. The van der Waals surface area contributed by atoms with Gasteiger partial charge in [-0.25, -0.2) is 0 Å². The number of nitrogens with two attached hydrogens (primary N) is 1. The minimum atomic E-state index is -0.0136. The first-order valence-electron chi connectivity index (χ1n) is 6.09. The second-order valence-corrected chi connectivity index (χ2v) is 4.28. The van der Waals surface area contributed by atoms with Crippen LogP contribution in [-0.2, 0) is 6.42 Å². The maximum atomic E-state index is 7.54. The molecule has 2 aromatic rings. The van der Waals surface area contributed by atoms with Gasteiger partial charge in [0.25, 0.3) is 0 Å². The number of nitrogen functional groups attached to an aromatic ring is 1. The number of anilines is 1. The van der Waals surface area contributed by atoms with Gasteiger partial charge in [-0.05, 0) is 24.3 Å². The van der Waals surface area contributed by atoms with Crippen LogP contribution in [-0.4, -0.2) is 29.4 Å². The van der Waals surface area contributed by atoms with Crippen LogP contribution in [0.3, 0.4) is 0 Å². The number of hydrogen-bond donors (Lipinski definition) is 2. The molecule has 0 saturated carbocycles. The van der Waals surface area contributed by atoms with Crippen molar-refractivity contribution in [2.45, 2.75) is 6.42 Å². The van der Waals surface area contributed by atoms with Gasteiger partial charge in [0, 0.05) is 38.1 Å². The highest BCUT2D eigenvalue weighted by Crippen LogP contribution is 2.16. The Hall–Kier alpha value is -2.43. The van der Waals surface area contributed by atoms with Gasteiger partial charge in [-0.3, -0.25) is 15.4 Å². The van der Waals surface area contributed by atoms with Gasteiger partial charge in [-0.2, -0.15) is 0 Å². The number of pyridine rings is 2. The quantitative estimate of drug-likeness (QED) is 0.626. The monoisotopic (exact) mass is 255 g/mol. The standard InChI is InChI=1S/C14H17N5/c1-19(10-7-11-5-2-3-8-17-11)12-6-4-9-18-13(12)14(15)16/h2-6,8-9H,7,10H2,1H3,(H3,15,16). The molecule has 0 amide bonds. The molecule has 2 rings (SSSR count). The zero-order chi connectivity index (χ0) is 13.7. The lowest BCUT2D eigenvalue weighted by Gasteiger charge is -2.21. The summed E-state index contributed by atoms with van der Waals surface area (Å²) < 4.78 is 0. The molecule has 0 radical (unpaired) electrons. The third-order valence-electron chi connectivity index (χ3n) is 2.88. The van der Waals surface area contributed by atoms with Crippen molar-refractivity contribution in [2.75, 3.05) is 18.5 Å². The second-order valence-electron chi connectivity index (χ2n) is 4.28. The van der Waals surface area contributed by atoms with Crippen molar-refractivity contribution in [3.8, 4) is 0 Å². The van der Waals surface area contributed by atoms with E-state index in [2.05, 4.69) is 9.97 Å². The number of aromatic nitrogens is 2. The van der Waals surface area contributed by atoms with E-state index in [0.717, 1.165) is 24.3 Å². The number of nitrogens with zero attached hydrogens (tertiary/aromatic N) is 3. The average Bonchev–Trinajstić information content (AvgIpc) is 2.46. The van der Waals surface area contributed by atoms with Crippen LogP contribution in [0, 0.1) is 5.41 Å². The van der Waals surface area contributed by atoms with Crippen LogP contribution in [0.15, 0.2) is 42.7 Å². The molecule has 0 spiro atoms. The third-order valence-corrected chi connectivity index (χ3v) is 2.88. The zero-order valence-electron chi connectivity index (χ0n) is 10.9. The fourth-order valence-corrected chi connectivity index (χ4v) is 1.86. The number of likely N-dealkylation sites (N-methyl/N-ethyl adjacent to an activating group) is 1. The van der Waals surface area contributed by atoms with Gasteiger partial charge in [0.05, 0.1) is 5.69 Å². The van der Waals surface area contributed by atoms with Crippen LogP contribution in [0.1, 0.15) is 11.4 Å². The molecule has 2 heterocycles. The van der Waals surface area contributed by atoms with E-state index in [-0.39, 0.29) is 5.84 Å². The fourth-order valence-electron chi connectivity index (χ4n) is 1.86. The summed E-state index contributed by atoms with van der Waals surface area (Å²) in [7, 11) is 1.96. The second kappa shape index (κ2) is 5.95. The summed E-state index contributed by atoms with van der Waals surface area (Å²) in [6.45, 7) is 0.795. The summed E-state index contributed by atoms with van der Waals surface area (Å²) in [6, 6.07) is 9.65. The molecule has 0 aliphatic carbocycles. The van der Waals surface area contributed by atoms with Crippen molar-refractivity contribution in [1.29, 1.82) is 5.41 Å². The first-order chi connectivity index (χ1) is 9.18. The van der Waals surface area contributed by atoms with E-state index in [4.69, 9.17) is 11.1 Å². The lowest BCUT2D eigenvalue weighted by molar-refractivity contribution is 0.848.